The van der Waals surface area contributed by atoms with E-state index < -0.39 is 0 Å². The van der Waals surface area contributed by atoms with E-state index in [9.17, 15) is 9.59 Å². The van der Waals surface area contributed by atoms with E-state index in [2.05, 4.69) is 11.9 Å². The van der Waals surface area contributed by atoms with Crippen LogP contribution in [-0.4, -0.2) is 15.4 Å². The zero-order valence-corrected chi connectivity index (χ0v) is 16.9. The quantitative estimate of drug-likeness (QED) is 0.468. The highest BCUT2D eigenvalue weighted by atomic mass is 32.1. The summed E-state index contributed by atoms with van der Waals surface area (Å²) in [6, 6.07) is 9.16. The molecule has 0 spiro atoms. The second kappa shape index (κ2) is 6.83. The van der Waals surface area contributed by atoms with Crippen molar-refractivity contribution in [3.8, 4) is 0 Å². The Morgan fingerprint density at radius 2 is 2.21 bits per heavy atom. The summed E-state index contributed by atoms with van der Waals surface area (Å²) in [5, 5.41) is 1.91. The molecule has 0 saturated heterocycles. The first-order chi connectivity index (χ1) is 13.6. The normalized spacial score (nSPS) is 16.4. The van der Waals surface area contributed by atoms with E-state index in [1.54, 1.807) is 15.7 Å². The molecule has 0 radical (unpaired) electrons. The second-order valence-corrected chi connectivity index (χ2v) is 9.22. The van der Waals surface area contributed by atoms with Crippen LogP contribution in [-0.2, 0) is 24.2 Å². The van der Waals surface area contributed by atoms with Gasteiger partial charge in [0.2, 0.25) is 0 Å². The number of thiophene rings is 1. The summed E-state index contributed by atoms with van der Waals surface area (Å²) in [5.41, 5.74) is 2.98. The lowest BCUT2D eigenvalue weighted by molar-refractivity contribution is 0.0466. The predicted octanol–water partition coefficient (Wildman–Crippen LogP) is 4.45. The van der Waals surface area contributed by atoms with Crippen molar-refractivity contribution in [2.75, 3.05) is 0 Å². The molecule has 0 amide bonds. The predicted molar refractivity (Wildman–Crippen MR) is 111 cm³/mol. The molecule has 28 heavy (non-hydrogen) atoms. The number of nitrogens with zero attached hydrogens (tertiary/aromatic N) is 2. The summed E-state index contributed by atoms with van der Waals surface area (Å²) in [7, 11) is 0. The molecule has 7 heteroatoms. The summed E-state index contributed by atoms with van der Waals surface area (Å²) in [6.45, 7) is 2.24. The fraction of sp³-hybridized carbons (Fsp3) is 0.286. The van der Waals surface area contributed by atoms with Gasteiger partial charge in [-0.3, -0.25) is 9.20 Å². The average Bonchev–Trinajstić information content (AvgIpc) is 3.26. The topological polar surface area (TPSA) is 60.7 Å². The zero-order valence-electron chi connectivity index (χ0n) is 15.3. The van der Waals surface area contributed by atoms with Gasteiger partial charge in [0, 0.05) is 16.3 Å². The number of carbonyl (C=O) groups excluding carboxylic acids is 1. The first kappa shape index (κ1) is 17.6. The Bertz CT molecular complexity index is 1270. The van der Waals surface area contributed by atoms with Crippen LogP contribution in [0.1, 0.15) is 39.8 Å². The van der Waals surface area contributed by atoms with Crippen LogP contribution in [0, 0.1) is 5.92 Å². The standard InChI is InChI=1S/C21H18N2O3S2/c1-12-6-7-14-15(11-27-18(14)8-12)20(25)26-10-13-9-19(24)23-16-4-2-3-5-17(16)28-21(23)22-13/h2-5,9,11-12H,6-8,10H2,1H3/t12-/m0/s1. The molecule has 5 rings (SSSR count). The molecule has 4 aromatic rings. The van der Waals surface area contributed by atoms with Crippen LogP contribution in [0.25, 0.3) is 15.2 Å². The Morgan fingerprint density at radius 1 is 1.36 bits per heavy atom. The molecule has 0 bridgehead atoms. The van der Waals surface area contributed by atoms with Crippen LogP contribution in [0.4, 0.5) is 0 Å². The number of hydrogen-bond donors (Lipinski definition) is 0. The van der Waals surface area contributed by atoms with Gasteiger partial charge in [0.15, 0.2) is 4.96 Å². The second-order valence-electron chi connectivity index (χ2n) is 7.25. The molecule has 1 aromatic carbocycles. The molecule has 142 valence electrons. The van der Waals surface area contributed by atoms with Gasteiger partial charge < -0.3 is 4.74 Å². The molecule has 1 aliphatic rings. The lowest BCUT2D eigenvalue weighted by atomic mass is 9.88. The van der Waals surface area contributed by atoms with E-state index in [4.69, 9.17) is 4.74 Å². The van der Waals surface area contributed by atoms with Crippen LogP contribution in [0.3, 0.4) is 0 Å². The molecule has 0 unspecified atom stereocenters. The third kappa shape index (κ3) is 2.95. The summed E-state index contributed by atoms with van der Waals surface area (Å²) in [4.78, 5) is 31.6. The minimum atomic E-state index is -0.328. The lowest BCUT2D eigenvalue weighted by Crippen LogP contribution is -2.16. The summed E-state index contributed by atoms with van der Waals surface area (Å²) < 4.78 is 8.10. The van der Waals surface area contributed by atoms with Crippen molar-refractivity contribution < 1.29 is 9.53 Å². The maximum Gasteiger partial charge on any atom is 0.339 e. The van der Waals surface area contributed by atoms with Crippen molar-refractivity contribution in [1.82, 2.24) is 9.38 Å². The van der Waals surface area contributed by atoms with Gasteiger partial charge in [-0.25, -0.2) is 9.78 Å². The van der Waals surface area contributed by atoms with Gasteiger partial charge in [-0.1, -0.05) is 30.4 Å². The number of esters is 1. The van der Waals surface area contributed by atoms with Crippen LogP contribution in [0.15, 0.2) is 40.5 Å². The lowest BCUT2D eigenvalue weighted by Gasteiger charge is -2.18. The summed E-state index contributed by atoms with van der Waals surface area (Å²) >= 11 is 3.10. The number of carbonyl (C=O) groups is 1. The van der Waals surface area contributed by atoms with Crippen molar-refractivity contribution in [3.05, 3.63) is 67.8 Å². The monoisotopic (exact) mass is 410 g/mol. The number of ether oxygens (including phenoxy) is 1. The summed E-state index contributed by atoms with van der Waals surface area (Å²) in [5.74, 6) is 0.339. The largest absolute Gasteiger partial charge is 0.456 e. The Kier molecular flexibility index (Phi) is 4.29. The van der Waals surface area contributed by atoms with Gasteiger partial charge in [0.25, 0.3) is 5.56 Å². The minimum absolute atomic E-state index is 0.000157. The average molecular weight is 411 g/mol. The van der Waals surface area contributed by atoms with E-state index in [1.807, 2.05) is 29.6 Å². The third-order valence-corrected chi connectivity index (χ3v) is 7.29. The number of para-hydroxylation sites is 1. The molecule has 0 saturated carbocycles. The van der Waals surface area contributed by atoms with Crippen molar-refractivity contribution in [2.24, 2.45) is 5.92 Å². The van der Waals surface area contributed by atoms with Crippen LogP contribution < -0.4 is 5.56 Å². The van der Waals surface area contributed by atoms with Crippen molar-refractivity contribution in [1.29, 1.82) is 0 Å². The maximum absolute atomic E-state index is 12.6. The highest BCUT2D eigenvalue weighted by molar-refractivity contribution is 7.23. The SMILES string of the molecule is C[C@H]1CCc2c(C(=O)OCc3cc(=O)n4c(n3)sc3ccccc34)csc2C1. The van der Waals surface area contributed by atoms with Crippen molar-refractivity contribution in [3.63, 3.8) is 0 Å². The van der Waals surface area contributed by atoms with E-state index in [0.717, 1.165) is 35.0 Å². The van der Waals surface area contributed by atoms with Crippen molar-refractivity contribution in [2.45, 2.75) is 32.8 Å². The van der Waals surface area contributed by atoms with Gasteiger partial charge >= 0.3 is 5.97 Å². The smallest absolute Gasteiger partial charge is 0.339 e. The number of rotatable bonds is 3. The number of fused-ring (bicyclic) bond motifs is 4. The zero-order chi connectivity index (χ0) is 19.3. The number of benzene rings is 1. The first-order valence-electron chi connectivity index (χ1n) is 9.27. The fourth-order valence-electron chi connectivity index (χ4n) is 3.76. The molecule has 1 aliphatic carbocycles. The molecular formula is C21H18N2O3S2. The maximum atomic E-state index is 12.6. The van der Waals surface area contributed by atoms with Crippen LogP contribution >= 0.6 is 22.7 Å². The molecule has 3 aromatic heterocycles. The van der Waals surface area contributed by atoms with E-state index in [0.29, 0.717) is 22.1 Å². The number of thiazole rings is 1. The van der Waals surface area contributed by atoms with Crippen LogP contribution in [0.2, 0.25) is 0 Å². The fourth-order valence-corrected chi connectivity index (χ4v) is 6.05. The highest BCUT2D eigenvalue weighted by Gasteiger charge is 2.24. The Balaban J connectivity index is 1.40. The Morgan fingerprint density at radius 3 is 3.11 bits per heavy atom. The molecule has 0 N–H and O–H groups in total. The Hall–Kier alpha value is -2.51. The molecule has 0 fully saturated rings. The minimum Gasteiger partial charge on any atom is -0.456 e. The highest BCUT2D eigenvalue weighted by Crippen LogP contribution is 2.33. The van der Waals surface area contributed by atoms with Gasteiger partial charge in [0.05, 0.1) is 21.5 Å². The van der Waals surface area contributed by atoms with E-state index in [1.165, 1.54) is 22.3 Å². The number of aromatic nitrogens is 2. The van der Waals surface area contributed by atoms with Gasteiger partial charge in [-0.05, 0) is 42.9 Å². The molecule has 5 nitrogen and oxygen atoms in total. The number of hydrogen-bond acceptors (Lipinski definition) is 6. The molecule has 0 aliphatic heterocycles. The summed E-state index contributed by atoms with van der Waals surface area (Å²) in [6.07, 6.45) is 3.07. The van der Waals surface area contributed by atoms with Gasteiger partial charge in [-0.2, -0.15) is 0 Å². The van der Waals surface area contributed by atoms with E-state index in [-0.39, 0.29) is 18.1 Å². The van der Waals surface area contributed by atoms with Gasteiger partial charge in [0.1, 0.15) is 6.61 Å². The molecule has 1 atom stereocenters. The third-order valence-electron chi connectivity index (χ3n) is 5.22. The van der Waals surface area contributed by atoms with E-state index >= 15 is 0 Å². The van der Waals surface area contributed by atoms with Crippen LogP contribution in [0.5, 0.6) is 0 Å². The Labute approximate surface area is 169 Å². The molecule has 3 heterocycles. The first-order valence-corrected chi connectivity index (χ1v) is 11.0. The van der Waals surface area contributed by atoms with Gasteiger partial charge in [-0.15, -0.1) is 11.3 Å². The molecular weight excluding hydrogens is 392 g/mol. The van der Waals surface area contributed by atoms with Crippen molar-refractivity contribution >= 4 is 43.8 Å².